The highest BCUT2D eigenvalue weighted by atomic mass is 19.4. The normalized spacial score (nSPS) is 17.7. The Morgan fingerprint density at radius 1 is 1.00 bits per heavy atom. The Bertz CT molecular complexity index is 1140. The number of alkyl halides is 3. The Hall–Kier alpha value is -2.99. The third-order valence-corrected chi connectivity index (χ3v) is 5.85. The molecule has 1 unspecified atom stereocenters. The Labute approximate surface area is 198 Å². The molecule has 0 spiro atoms. The number of benzene rings is 2. The smallest absolute Gasteiger partial charge is 0.447 e. The van der Waals surface area contributed by atoms with Crippen molar-refractivity contribution in [3.05, 3.63) is 59.2 Å². The summed E-state index contributed by atoms with van der Waals surface area (Å²) in [5, 5.41) is 2.27. The summed E-state index contributed by atoms with van der Waals surface area (Å²) in [6, 6.07) is 4.98. The van der Waals surface area contributed by atoms with Crippen LogP contribution in [0.15, 0.2) is 36.4 Å². The van der Waals surface area contributed by atoms with E-state index in [4.69, 9.17) is 14.0 Å². The second kappa shape index (κ2) is 9.23. The van der Waals surface area contributed by atoms with Crippen molar-refractivity contribution in [3.8, 4) is 0 Å². The lowest BCUT2D eigenvalue weighted by Crippen LogP contribution is -2.41. The number of hydrogen-bond donors (Lipinski definition) is 1. The lowest BCUT2D eigenvalue weighted by molar-refractivity contribution is -0.152. The quantitative estimate of drug-likeness (QED) is 0.372. The zero-order valence-corrected chi connectivity index (χ0v) is 19.5. The molecular weight excluding hydrogens is 476 g/mol. The van der Waals surface area contributed by atoms with Gasteiger partial charge in [0.1, 0.15) is 11.6 Å². The van der Waals surface area contributed by atoms with E-state index >= 15 is 0 Å². The number of nitrogens with one attached hydrogen (secondary N) is 1. The van der Waals surface area contributed by atoms with E-state index in [2.05, 4.69) is 5.32 Å². The lowest BCUT2D eigenvalue weighted by Gasteiger charge is -2.32. The molecule has 0 aliphatic carbocycles. The second-order valence-corrected chi connectivity index (χ2v) is 9.07. The van der Waals surface area contributed by atoms with E-state index in [9.17, 15) is 31.5 Å². The van der Waals surface area contributed by atoms with Gasteiger partial charge < -0.3 is 19.4 Å². The summed E-state index contributed by atoms with van der Waals surface area (Å²) in [4.78, 5) is 24.3. The molecule has 6 nitrogen and oxygen atoms in total. The van der Waals surface area contributed by atoms with Gasteiger partial charge in [-0.15, -0.1) is 0 Å². The number of halogens is 5. The predicted octanol–water partition coefficient (Wildman–Crippen LogP) is 4.53. The molecule has 1 fully saturated rings. The molecule has 1 amide bonds. The van der Waals surface area contributed by atoms with Crippen LogP contribution in [0.3, 0.4) is 0 Å². The van der Waals surface area contributed by atoms with Crippen molar-refractivity contribution in [2.24, 2.45) is 0 Å². The zero-order chi connectivity index (χ0) is 26.3. The van der Waals surface area contributed by atoms with E-state index in [1.807, 2.05) is 0 Å². The molecule has 1 aliphatic heterocycles. The van der Waals surface area contributed by atoms with Crippen molar-refractivity contribution < 1.29 is 45.6 Å². The maximum Gasteiger partial charge on any atom is 0.497 e. The summed E-state index contributed by atoms with van der Waals surface area (Å²) in [5.74, 6) is -4.17. The maximum absolute atomic E-state index is 14.9. The van der Waals surface area contributed by atoms with Gasteiger partial charge in [0.2, 0.25) is 6.10 Å². The van der Waals surface area contributed by atoms with E-state index in [-0.39, 0.29) is 17.2 Å². The standard InChI is InChI=1S/C23H23BF5NO5/c1-12(31)33-19(13-8-14(23(27,28)29)10-15(25)9-13)20(32)30-16-6-7-17(18(26)11-16)24-34-21(2,3)22(4,5)35-24/h6-11,19H,1-5H3,(H,30,32). The first-order valence-corrected chi connectivity index (χ1v) is 10.5. The molecule has 2 aromatic rings. The molecule has 1 atom stereocenters. The van der Waals surface area contributed by atoms with Crippen molar-refractivity contribution in [2.45, 2.75) is 58.1 Å². The van der Waals surface area contributed by atoms with E-state index < -0.39 is 65.2 Å². The van der Waals surface area contributed by atoms with Gasteiger partial charge in [0.25, 0.3) is 5.91 Å². The largest absolute Gasteiger partial charge is 0.497 e. The fraction of sp³-hybridized carbons (Fsp3) is 0.391. The first-order valence-electron chi connectivity index (χ1n) is 10.5. The van der Waals surface area contributed by atoms with Crippen LogP contribution in [0.25, 0.3) is 0 Å². The minimum Gasteiger partial charge on any atom is -0.447 e. The fourth-order valence-electron chi connectivity index (χ4n) is 3.34. The average molecular weight is 499 g/mol. The highest BCUT2D eigenvalue weighted by Gasteiger charge is 2.52. The summed E-state index contributed by atoms with van der Waals surface area (Å²) in [5.41, 5.74) is -3.35. The van der Waals surface area contributed by atoms with Gasteiger partial charge in [0.15, 0.2) is 0 Å². The monoisotopic (exact) mass is 499 g/mol. The molecule has 3 rings (SSSR count). The molecule has 2 aromatic carbocycles. The van der Waals surface area contributed by atoms with Gasteiger partial charge >= 0.3 is 19.3 Å². The Kier molecular flexibility index (Phi) is 7.02. The van der Waals surface area contributed by atoms with Gasteiger partial charge in [-0.05, 0) is 58.0 Å². The summed E-state index contributed by atoms with van der Waals surface area (Å²) >= 11 is 0. The molecule has 0 saturated carbocycles. The third-order valence-electron chi connectivity index (χ3n) is 5.85. The van der Waals surface area contributed by atoms with Crippen LogP contribution >= 0.6 is 0 Å². The van der Waals surface area contributed by atoms with Crippen LogP contribution in [0.1, 0.15) is 51.8 Å². The topological polar surface area (TPSA) is 73.9 Å². The van der Waals surface area contributed by atoms with Crippen LogP contribution in [0.2, 0.25) is 0 Å². The molecule has 0 radical (unpaired) electrons. The Morgan fingerprint density at radius 3 is 2.11 bits per heavy atom. The van der Waals surface area contributed by atoms with E-state index in [1.165, 1.54) is 12.1 Å². The lowest BCUT2D eigenvalue weighted by atomic mass is 9.78. The molecule has 1 heterocycles. The summed E-state index contributed by atoms with van der Waals surface area (Å²) < 4.78 is 84.5. The predicted molar refractivity (Wildman–Crippen MR) is 117 cm³/mol. The molecule has 1 N–H and O–H groups in total. The number of esters is 1. The number of amides is 1. The molecular formula is C23H23BF5NO5. The van der Waals surface area contributed by atoms with Crippen molar-refractivity contribution in [2.75, 3.05) is 5.32 Å². The number of carbonyl (C=O) groups is 2. The van der Waals surface area contributed by atoms with E-state index in [0.717, 1.165) is 13.0 Å². The number of rotatable bonds is 5. The minimum absolute atomic E-state index is 0.0677. The van der Waals surface area contributed by atoms with Crippen LogP contribution < -0.4 is 10.8 Å². The van der Waals surface area contributed by atoms with Crippen LogP contribution in [0, 0.1) is 11.6 Å². The highest BCUT2D eigenvalue weighted by molar-refractivity contribution is 6.62. The maximum atomic E-state index is 14.9. The molecule has 35 heavy (non-hydrogen) atoms. The van der Waals surface area contributed by atoms with Crippen molar-refractivity contribution in [1.29, 1.82) is 0 Å². The number of ether oxygens (including phenoxy) is 1. The molecule has 0 aromatic heterocycles. The van der Waals surface area contributed by atoms with E-state index in [0.29, 0.717) is 12.1 Å². The second-order valence-electron chi connectivity index (χ2n) is 9.07. The van der Waals surface area contributed by atoms with Crippen LogP contribution in [-0.2, 0) is 29.8 Å². The van der Waals surface area contributed by atoms with Gasteiger partial charge in [-0.25, -0.2) is 8.78 Å². The number of hydrogen-bond acceptors (Lipinski definition) is 5. The molecule has 1 saturated heterocycles. The van der Waals surface area contributed by atoms with Gasteiger partial charge in [-0.2, -0.15) is 13.2 Å². The molecule has 12 heteroatoms. The van der Waals surface area contributed by atoms with Crippen LogP contribution in [0.5, 0.6) is 0 Å². The highest BCUT2D eigenvalue weighted by Crippen LogP contribution is 2.37. The SMILES string of the molecule is CC(=O)OC(C(=O)Nc1ccc(B2OC(C)(C)C(C)(C)O2)c(F)c1)c1cc(F)cc(C(F)(F)F)c1. The van der Waals surface area contributed by atoms with E-state index in [1.54, 1.807) is 27.7 Å². The summed E-state index contributed by atoms with van der Waals surface area (Å²) in [6.07, 6.45) is -6.82. The van der Waals surface area contributed by atoms with Gasteiger partial charge in [-0.1, -0.05) is 6.07 Å². The first-order chi connectivity index (χ1) is 16.0. The molecule has 188 valence electrons. The van der Waals surface area contributed by atoms with Crippen molar-refractivity contribution in [1.82, 2.24) is 0 Å². The Balaban J connectivity index is 1.86. The Morgan fingerprint density at radius 2 is 1.60 bits per heavy atom. The first kappa shape index (κ1) is 26.6. The number of carbonyl (C=O) groups excluding carboxylic acids is 2. The summed E-state index contributed by atoms with van der Waals surface area (Å²) in [6.45, 7) is 8.12. The summed E-state index contributed by atoms with van der Waals surface area (Å²) in [7, 11) is -1.01. The van der Waals surface area contributed by atoms with Gasteiger partial charge in [0.05, 0.1) is 16.8 Å². The average Bonchev–Trinajstić information content (AvgIpc) is 2.91. The van der Waals surface area contributed by atoms with Crippen LogP contribution in [0.4, 0.5) is 27.6 Å². The van der Waals surface area contributed by atoms with Gasteiger partial charge in [-0.3, -0.25) is 9.59 Å². The van der Waals surface area contributed by atoms with Crippen molar-refractivity contribution >= 4 is 30.1 Å². The minimum atomic E-state index is -4.90. The molecule has 1 aliphatic rings. The van der Waals surface area contributed by atoms with Crippen LogP contribution in [-0.4, -0.2) is 30.2 Å². The number of anilines is 1. The fourth-order valence-corrected chi connectivity index (χ4v) is 3.34. The van der Waals surface area contributed by atoms with Gasteiger partial charge in [0, 0.05) is 23.6 Å². The zero-order valence-electron chi connectivity index (χ0n) is 19.5. The van der Waals surface area contributed by atoms with Crippen molar-refractivity contribution in [3.63, 3.8) is 0 Å². The molecule has 0 bridgehead atoms. The third kappa shape index (κ3) is 5.81.